The topological polar surface area (TPSA) is 63.7 Å². The van der Waals surface area contributed by atoms with Gasteiger partial charge in [0.25, 0.3) is 0 Å². The molecule has 2 aliphatic rings. The molecule has 2 aromatic carbocycles. The van der Waals surface area contributed by atoms with E-state index < -0.39 is 11.4 Å². The van der Waals surface area contributed by atoms with Gasteiger partial charge in [-0.2, -0.15) is 0 Å². The third kappa shape index (κ3) is 4.29. The van der Waals surface area contributed by atoms with Crippen LogP contribution in [0.1, 0.15) is 63.9 Å². The van der Waals surface area contributed by atoms with Gasteiger partial charge in [-0.15, -0.1) is 0 Å². The number of Topliss-reactive ketones (excluding diaryl/α,β-unsaturated/α-hetero) is 2. The Morgan fingerprint density at radius 2 is 1.78 bits per heavy atom. The van der Waals surface area contributed by atoms with Gasteiger partial charge >= 0.3 is 0 Å². The second-order valence-corrected chi connectivity index (χ2v) is 9.08. The van der Waals surface area contributed by atoms with E-state index in [0.717, 1.165) is 11.1 Å². The molecule has 4 rings (SSSR count). The number of carbonyl (C=O) groups is 3. The molecule has 0 aromatic heterocycles. The van der Waals surface area contributed by atoms with E-state index in [1.54, 1.807) is 4.90 Å². The normalized spacial score (nSPS) is 17.1. The lowest BCUT2D eigenvalue weighted by Crippen LogP contribution is -2.52. The van der Waals surface area contributed by atoms with Crippen molar-refractivity contribution in [3.05, 3.63) is 63.4 Å². The fourth-order valence-electron chi connectivity index (χ4n) is 4.60. The van der Waals surface area contributed by atoms with Crippen LogP contribution in [0.25, 0.3) is 0 Å². The van der Waals surface area contributed by atoms with Crippen molar-refractivity contribution in [2.24, 2.45) is 0 Å². The third-order valence-corrected chi connectivity index (χ3v) is 7.07. The van der Waals surface area contributed by atoms with Crippen molar-refractivity contribution < 1.29 is 23.5 Å². The van der Waals surface area contributed by atoms with Crippen LogP contribution in [0.15, 0.2) is 30.3 Å². The lowest BCUT2D eigenvalue weighted by Gasteiger charge is -2.44. The maximum Gasteiger partial charge on any atom is 0.223 e. The van der Waals surface area contributed by atoms with Crippen LogP contribution in [-0.4, -0.2) is 41.1 Å². The van der Waals surface area contributed by atoms with E-state index >= 15 is 0 Å². The number of amides is 1. The fourth-order valence-corrected chi connectivity index (χ4v) is 4.75. The number of benzene rings is 2. The van der Waals surface area contributed by atoms with E-state index in [1.807, 2.05) is 19.9 Å². The number of fused-ring (bicyclic) bond motifs is 1. The van der Waals surface area contributed by atoms with Gasteiger partial charge in [0.1, 0.15) is 17.2 Å². The largest absolute Gasteiger partial charge is 0.486 e. The Labute approximate surface area is 191 Å². The summed E-state index contributed by atoms with van der Waals surface area (Å²) in [6.07, 6.45) is 1.55. The number of halogens is 2. The summed E-state index contributed by atoms with van der Waals surface area (Å²) in [4.78, 5) is 39.5. The smallest absolute Gasteiger partial charge is 0.223 e. The van der Waals surface area contributed by atoms with Crippen LogP contribution in [0.4, 0.5) is 4.39 Å². The molecule has 1 fully saturated rings. The Bertz CT molecular complexity index is 1090. The van der Waals surface area contributed by atoms with Crippen molar-refractivity contribution >= 4 is 29.1 Å². The molecule has 1 saturated heterocycles. The van der Waals surface area contributed by atoms with Crippen LogP contribution in [0, 0.1) is 19.7 Å². The van der Waals surface area contributed by atoms with E-state index in [1.165, 1.54) is 24.3 Å². The molecule has 1 amide bonds. The first-order valence-electron chi connectivity index (χ1n) is 10.8. The molecule has 0 unspecified atom stereocenters. The second-order valence-electron chi connectivity index (χ2n) is 8.70. The van der Waals surface area contributed by atoms with Crippen LogP contribution in [-0.2, 0) is 4.79 Å². The number of nitrogens with zero attached hydrogens (tertiary/aromatic N) is 1. The SMILES string of the molecule is Cc1cc2c(c(C)c1Cl)C(=O)CC1(CCN(C(=O)CCC(=O)c3ccc(F)cc3)CC1)O2. The zero-order chi connectivity index (χ0) is 23.0. The molecule has 7 heteroatoms. The molecular formula is C25H25ClFNO4. The van der Waals surface area contributed by atoms with E-state index in [-0.39, 0.29) is 36.7 Å². The highest BCUT2D eigenvalue weighted by Gasteiger charge is 2.44. The number of ketones is 2. The lowest BCUT2D eigenvalue weighted by molar-refractivity contribution is -0.134. The van der Waals surface area contributed by atoms with Crippen molar-refractivity contribution in [1.82, 2.24) is 4.90 Å². The second kappa shape index (κ2) is 8.66. The predicted molar refractivity (Wildman–Crippen MR) is 119 cm³/mol. The molecule has 0 saturated carbocycles. The van der Waals surface area contributed by atoms with Crippen LogP contribution in [0.3, 0.4) is 0 Å². The maximum atomic E-state index is 13.0. The summed E-state index contributed by atoms with van der Waals surface area (Å²) in [7, 11) is 0. The summed E-state index contributed by atoms with van der Waals surface area (Å²) >= 11 is 6.32. The molecule has 2 aromatic rings. The molecule has 0 atom stereocenters. The highest BCUT2D eigenvalue weighted by atomic mass is 35.5. The van der Waals surface area contributed by atoms with Crippen molar-refractivity contribution in [1.29, 1.82) is 0 Å². The number of ether oxygens (including phenoxy) is 1. The Morgan fingerprint density at radius 3 is 2.44 bits per heavy atom. The highest BCUT2D eigenvalue weighted by molar-refractivity contribution is 6.32. The van der Waals surface area contributed by atoms with Crippen molar-refractivity contribution in [3.8, 4) is 5.75 Å². The van der Waals surface area contributed by atoms with E-state index in [0.29, 0.717) is 47.8 Å². The molecule has 168 valence electrons. The van der Waals surface area contributed by atoms with Gasteiger partial charge in [-0.25, -0.2) is 4.39 Å². The summed E-state index contributed by atoms with van der Waals surface area (Å²) < 4.78 is 19.4. The number of hydrogen-bond donors (Lipinski definition) is 0. The third-order valence-electron chi connectivity index (χ3n) is 6.49. The molecule has 2 aliphatic heterocycles. The van der Waals surface area contributed by atoms with Gasteiger partial charge < -0.3 is 9.64 Å². The lowest BCUT2D eigenvalue weighted by atomic mass is 9.81. The first-order valence-corrected chi connectivity index (χ1v) is 11.2. The number of rotatable bonds is 4. The van der Waals surface area contributed by atoms with E-state index in [9.17, 15) is 18.8 Å². The Kier molecular flexibility index (Phi) is 6.08. The molecule has 0 bridgehead atoms. The van der Waals surface area contributed by atoms with Gasteiger partial charge in [0.05, 0.1) is 12.0 Å². The van der Waals surface area contributed by atoms with Gasteiger partial charge in [-0.1, -0.05) is 11.6 Å². The Balaban J connectivity index is 1.36. The molecule has 2 heterocycles. The predicted octanol–water partition coefficient (Wildman–Crippen LogP) is 5.09. The van der Waals surface area contributed by atoms with Crippen molar-refractivity contribution in [3.63, 3.8) is 0 Å². The molecule has 1 spiro atoms. The van der Waals surface area contributed by atoms with Crippen LogP contribution >= 0.6 is 11.6 Å². The summed E-state index contributed by atoms with van der Waals surface area (Å²) in [5.41, 5.74) is 1.96. The Hall–Kier alpha value is -2.73. The van der Waals surface area contributed by atoms with Gasteiger partial charge in [0.2, 0.25) is 5.91 Å². The van der Waals surface area contributed by atoms with Gasteiger partial charge in [0, 0.05) is 49.4 Å². The van der Waals surface area contributed by atoms with Crippen LogP contribution in [0.2, 0.25) is 5.02 Å². The first-order chi connectivity index (χ1) is 15.2. The summed E-state index contributed by atoms with van der Waals surface area (Å²) in [6.45, 7) is 4.66. The minimum absolute atomic E-state index is 0.0234. The standard InChI is InChI=1S/C25H25ClFNO4/c1-15-13-21-23(16(2)24(15)26)20(30)14-25(32-21)9-11-28(12-10-25)22(31)8-7-19(29)17-3-5-18(27)6-4-17/h3-6,13H,7-12,14H2,1-2H3. The molecular weight excluding hydrogens is 433 g/mol. The number of carbonyl (C=O) groups excluding carboxylic acids is 3. The zero-order valence-corrected chi connectivity index (χ0v) is 18.9. The molecule has 0 N–H and O–H groups in total. The van der Waals surface area contributed by atoms with Crippen molar-refractivity contribution in [2.45, 2.75) is 51.6 Å². The quantitative estimate of drug-likeness (QED) is 0.600. The average molecular weight is 458 g/mol. The molecule has 32 heavy (non-hydrogen) atoms. The molecule has 5 nitrogen and oxygen atoms in total. The van der Waals surface area contributed by atoms with E-state index in [4.69, 9.17) is 16.3 Å². The molecule has 0 radical (unpaired) electrons. The minimum atomic E-state index is -0.614. The average Bonchev–Trinajstić information content (AvgIpc) is 2.76. The monoisotopic (exact) mass is 457 g/mol. The molecule has 0 aliphatic carbocycles. The van der Waals surface area contributed by atoms with Crippen LogP contribution in [0.5, 0.6) is 5.75 Å². The Morgan fingerprint density at radius 1 is 1.12 bits per heavy atom. The highest BCUT2D eigenvalue weighted by Crippen LogP contribution is 2.43. The first kappa shape index (κ1) is 22.5. The van der Waals surface area contributed by atoms with Gasteiger partial charge in [0.15, 0.2) is 11.6 Å². The number of aryl methyl sites for hydroxylation is 1. The minimum Gasteiger partial charge on any atom is -0.486 e. The van der Waals surface area contributed by atoms with Crippen LogP contribution < -0.4 is 4.74 Å². The van der Waals surface area contributed by atoms with Gasteiger partial charge in [-0.3, -0.25) is 14.4 Å². The number of likely N-dealkylation sites (tertiary alicyclic amines) is 1. The fraction of sp³-hybridized carbons (Fsp3) is 0.400. The van der Waals surface area contributed by atoms with Gasteiger partial charge in [-0.05, 0) is 55.3 Å². The maximum absolute atomic E-state index is 13.0. The summed E-state index contributed by atoms with van der Waals surface area (Å²) in [5.74, 6) is -0.0923. The number of piperidine rings is 1. The van der Waals surface area contributed by atoms with E-state index in [2.05, 4.69) is 0 Å². The summed E-state index contributed by atoms with van der Waals surface area (Å²) in [6, 6.07) is 7.15. The number of hydrogen-bond acceptors (Lipinski definition) is 4. The van der Waals surface area contributed by atoms with Crippen molar-refractivity contribution in [2.75, 3.05) is 13.1 Å². The zero-order valence-electron chi connectivity index (χ0n) is 18.2. The summed E-state index contributed by atoms with van der Waals surface area (Å²) in [5, 5.41) is 0.590.